The quantitative estimate of drug-likeness (QED) is 0.729. The van der Waals surface area contributed by atoms with Gasteiger partial charge in [-0.05, 0) is 62.9 Å². The predicted octanol–water partition coefficient (Wildman–Crippen LogP) is 4.16. The van der Waals surface area contributed by atoms with E-state index in [4.69, 9.17) is 4.74 Å². The number of aryl methyl sites for hydroxylation is 1. The average Bonchev–Trinajstić information content (AvgIpc) is 2.69. The van der Waals surface area contributed by atoms with Crippen LogP contribution in [0.15, 0.2) is 48.5 Å². The molecule has 5 heteroatoms. The minimum atomic E-state index is -0.814. The van der Waals surface area contributed by atoms with Crippen LogP contribution in [0.1, 0.15) is 41.3 Å². The summed E-state index contributed by atoms with van der Waals surface area (Å²) in [7, 11) is 0. The molecular weight excluding hydrogens is 357 g/mol. The highest BCUT2D eigenvalue weighted by atomic mass is 19.1. The van der Waals surface area contributed by atoms with Gasteiger partial charge in [-0.2, -0.15) is 0 Å². The number of ether oxygens (including phenoxy) is 1. The van der Waals surface area contributed by atoms with E-state index in [2.05, 4.69) is 0 Å². The Morgan fingerprint density at radius 1 is 1.18 bits per heavy atom. The first-order valence-electron chi connectivity index (χ1n) is 9.71. The molecule has 148 valence electrons. The molecule has 1 aliphatic rings. The number of benzene rings is 2. The van der Waals surface area contributed by atoms with Gasteiger partial charge in [0, 0.05) is 18.7 Å². The minimum Gasteiger partial charge on any atom is -0.466 e. The summed E-state index contributed by atoms with van der Waals surface area (Å²) in [6.07, 6.45) is 1.78. The van der Waals surface area contributed by atoms with Gasteiger partial charge in [-0.25, -0.2) is 4.39 Å². The number of carbonyl (C=O) groups is 2. The number of hydrogen-bond acceptors (Lipinski definition) is 3. The zero-order chi connectivity index (χ0) is 20.1. The molecule has 2 aromatic rings. The van der Waals surface area contributed by atoms with Gasteiger partial charge in [-0.1, -0.05) is 29.8 Å². The molecule has 0 radical (unpaired) electrons. The Balaban J connectivity index is 1.87. The molecule has 1 saturated heterocycles. The van der Waals surface area contributed by atoms with Crippen molar-refractivity contribution in [1.82, 2.24) is 4.90 Å². The van der Waals surface area contributed by atoms with Gasteiger partial charge in [0.25, 0.3) is 5.91 Å². The molecule has 0 saturated carbocycles. The van der Waals surface area contributed by atoms with Crippen molar-refractivity contribution in [2.45, 2.75) is 33.1 Å². The van der Waals surface area contributed by atoms with Gasteiger partial charge in [0.2, 0.25) is 0 Å². The summed E-state index contributed by atoms with van der Waals surface area (Å²) in [6, 6.07) is 13.7. The first-order valence-corrected chi connectivity index (χ1v) is 9.71. The summed E-state index contributed by atoms with van der Waals surface area (Å²) in [6.45, 7) is 4.93. The molecule has 1 aliphatic heterocycles. The third-order valence-electron chi connectivity index (χ3n) is 5.29. The van der Waals surface area contributed by atoms with E-state index in [0.717, 1.165) is 17.5 Å². The van der Waals surface area contributed by atoms with Crippen molar-refractivity contribution in [2.75, 3.05) is 19.7 Å². The van der Waals surface area contributed by atoms with Crippen molar-refractivity contribution >= 4 is 11.9 Å². The van der Waals surface area contributed by atoms with Gasteiger partial charge in [0.15, 0.2) is 0 Å². The minimum absolute atomic E-state index is 0.0730. The molecule has 4 nitrogen and oxygen atoms in total. The van der Waals surface area contributed by atoms with E-state index in [1.54, 1.807) is 30.0 Å². The number of hydrogen-bond donors (Lipinski definition) is 0. The first kappa shape index (κ1) is 20.1. The van der Waals surface area contributed by atoms with E-state index >= 15 is 0 Å². The second-order valence-corrected chi connectivity index (χ2v) is 7.50. The van der Waals surface area contributed by atoms with Crippen LogP contribution in [0.2, 0.25) is 0 Å². The van der Waals surface area contributed by atoms with E-state index in [0.29, 0.717) is 31.5 Å². The Morgan fingerprint density at radius 2 is 1.93 bits per heavy atom. The fourth-order valence-electron chi connectivity index (χ4n) is 3.93. The normalized spacial score (nSPS) is 19.3. The number of rotatable bonds is 5. The molecule has 28 heavy (non-hydrogen) atoms. The van der Waals surface area contributed by atoms with Crippen molar-refractivity contribution in [3.8, 4) is 0 Å². The van der Waals surface area contributed by atoms with Crippen molar-refractivity contribution in [3.05, 3.63) is 71.0 Å². The molecule has 1 atom stereocenters. The smallest absolute Gasteiger partial charge is 0.314 e. The van der Waals surface area contributed by atoms with Gasteiger partial charge in [0.1, 0.15) is 5.82 Å². The lowest BCUT2D eigenvalue weighted by Crippen LogP contribution is -2.51. The van der Waals surface area contributed by atoms with E-state index in [-0.39, 0.29) is 24.3 Å². The van der Waals surface area contributed by atoms with Crippen LogP contribution in [-0.2, 0) is 16.0 Å². The van der Waals surface area contributed by atoms with Gasteiger partial charge in [-0.3, -0.25) is 9.59 Å². The molecule has 0 N–H and O–H groups in total. The third-order valence-corrected chi connectivity index (χ3v) is 5.29. The summed E-state index contributed by atoms with van der Waals surface area (Å²) in [5.74, 6) is -0.675. The monoisotopic (exact) mass is 383 g/mol. The second kappa shape index (κ2) is 8.55. The molecule has 0 spiro atoms. The van der Waals surface area contributed by atoms with Crippen LogP contribution >= 0.6 is 0 Å². The lowest BCUT2D eigenvalue weighted by molar-refractivity contribution is -0.158. The Bertz CT molecular complexity index is 849. The Kier molecular flexibility index (Phi) is 6.12. The van der Waals surface area contributed by atoms with Crippen LogP contribution in [0.4, 0.5) is 4.39 Å². The first-order chi connectivity index (χ1) is 13.4. The Morgan fingerprint density at radius 3 is 2.61 bits per heavy atom. The van der Waals surface area contributed by atoms with Crippen LogP contribution in [-0.4, -0.2) is 36.5 Å². The summed E-state index contributed by atoms with van der Waals surface area (Å²) in [5, 5.41) is 0. The molecule has 1 fully saturated rings. The maximum atomic E-state index is 13.3. The van der Waals surface area contributed by atoms with E-state index < -0.39 is 5.41 Å². The summed E-state index contributed by atoms with van der Waals surface area (Å²) in [4.78, 5) is 27.7. The lowest BCUT2D eigenvalue weighted by Gasteiger charge is -2.41. The highest BCUT2D eigenvalue weighted by molar-refractivity contribution is 5.95. The maximum absolute atomic E-state index is 13.3. The van der Waals surface area contributed by atoms with Crippen LogP contribution in [0, 0.1) is 18.2 Å². The Labute approximate surface area is 165 Å². The number of piperidine rings is 1. The highest BCUT2D eigenvalue weighted by Crippen LogP contribution is 2.36. The van der Waals surface area contributed by atoms with Gasteiger partial charge < -0.3 is 9.64 Å². The van der Waals surface area contributed by atoms with Crippen molar-refractivity contribution in [3.63, 3.8) is 0 Å². The molecule has 0 unspecified atom stereocenters. The number of nitrogens with zero attached hydrogens (tertiary/aromatic N) is 1. The molecule has 0 aromatic heterocycles. The van der Waals surface area contributed by atoms with Gasteiger partial charge >= 0.3 is 5.97 Å². The molecule has 3 rings (SSSR count). The number of amides is 1. The fraction of sp³-hybridized carbons (Fsp3) is 0.391. The molecule has 0 bridgehead atoms. The predicted molar refractivity (Wildman–Crippen MR) is 105 cm³/mol. The van der Waals surface area contributed by atoms with Crippen molar-refractivity contribution < 1.29 is 18.7 Å². The number of carbonyl (C=O) groups excluding carboxylic acids is 2. The van der Waals surface area contributed by atoms with Crippen molar-refractivity contribution in [2.24, 2.45) is 5.41 Å². The highest BCUT2D eigenvalue weighted by Gasteiger charge is 2.44. The van der Waals surface area contributed by atoms with Gasteiger partial charge in [-0.15, -0.1) is 0 Å². The van der Waals surface area contributed by atoms with Gasteiger partial charge in [0.05, 0.1) is 12.0 Å². The van der Waals surface area contributed by atoms with Crippen molar-refractivity contribution in [1.29, 1.82) is 0 Å². The molecular formula is C23H26FNO3. The van der Waals surface area contributed by atoms with E-state index in [1.807, 2.05) is 25.1 Å². The zero-order valence-corrected chi connectivity index (χ0v) is 16.4. The molecule has 0 aliphatic carbocycles. The summed E-state index contributed by atoms with van der Waals surface area (Å²) in [5.41, 5.74) is 1.69. The largest absolute Gasteiger partial charge is 0.466 e. The summed E-state index contributed by atoms with van der Waals surface area (Å²) >= 11 is 0. The van der Waals surface area contributed by atoms with E-state index in [9.17, 15) is 14.0 Å². The second-order valence-electron chi connectivity index (χ2n) is 7.50. The molecule has 1 amide bonds. The average molecular weight is 383 g/mol. The zero-order valence-electron chi connectivity index (χ0n) is 16.4. The van der Waals surface area contributed by atoms with Crippen LogP contribution in [0.5, 0.6) is 0 Å². The summed E-state index contributed by atoms with van der Waals surface area (Å²) < 4.78 is 18.7. The van der Waals surface area contributed by atoms with Crippen LogP contribution < -0.4 is 0 Å². The lowest BCUT2D eigenvalue weighted by atomic mass is 9.75. The standard InChI is InChI=1S/C23H26FNO3/c1-3-28-22(27)23(15-18-8-10-20(24)11-9-18)12-5-13-25(16-23)21(26)19-7-4-6-17(2)14-19/h4,6-11,14H,3,5,12-13,15-16H2,1-2H3/t23-/m0/s1. The number of esters is 1. The fourth-order valence-corrected chi connectivity index (χ4v) is 3.93. The SMILES string of the molecule is CCOC(=O)[C@]1(Cc2ccc(F)cc2)CCCN(C(=O)c2cccc(C)c2)C1. The molecule has 2 aromatic carbocycles. The Hall–Kier alpha value is -2.69. The topological polar surface area (TPSA) is 46.6 Å². The number of likely N-dealkylation sites (tertiary alicyclic amines) is 1. The maximum Gasteiger partial charge on any atom is 0.314 e. The van der Waals surface area contributed by atoms with Crippen LogP contribution in [0.3, 0.4) is 0 Å². The number of halogens is 1. The third kappa shape index (κ3) is 4.41. The molecule has 1 heterocycles. The van der Waals surface area contributed by atoms with E-state index in [1.165, 1.54) is 12.1 Å². The van der Waals surface area contributed by atoms with Crippen LogP contribution in [0.25, 0.3) is 0 Å².